The van der Waals surface area contributed by atoms with Crippen molar-refractivity contribution in [3.05, 3.63) is 18.3 Å². The Hall–Kier alpha value is -1.66. The molecular formula is C16H23N3O3. The van der Waals surface area contributed by atoms with Crippen LogP contribution >= 0.6 is 0 Å². The van der Waals surface area contributed by atoms with Gasteiger partial charge in [-0.25, -0.2) is 4.98 Å². The van der Waals surface area contributed by atoms with Gasteiger partial charge in [0, 0.05) is 25.9 Å². The van der Waals surface area contributed by atoms with Gasteiger partial charge in [-0.05, 0) is 37.8 Å². The number of amides is 1. The molecule has 3 heterocycles. The van der Waals surface area contributed by atoms with E-state index in [4.69, 9.17) is 9.47 Å². The first-order valence-electron chi connectivity index (χ1n) is 8.02. The molecule has 0 bridgehead atoms. The van der Waals surface area contributed by atoms with Crippen LogP contribution in [0.2, 0.25) is 0 Å². The van der Waals surface area contributed by atoms with E-state index in [0.29, 0.717) is 6.61 Å². The summed E-state index contributed by atoms with van der Waals surface area (Å²) in [4.78, 5) is 18.6. The number of ether oxygens (including phenoxy) is 2. The van der Waals surface area contributed by atoms with Gasteiger partial charge in [0.25, 0.3) is 0 Å². The SMILES string of the molecule is O=C(COCC1CCCO1)Nc1cccnc1N1CCCC1. The quantitative estimate of drug-likeness (QED) is 0.868. The minimum atomic E-state index is -0.147. The summed E-state index contributed by atoms with van der Waals surface area (Å²) in [7, 11) is 0. The number of nitrogens with zero attached hydrogens (tertiary/aromatic N) is 2. The third-order valence-corrected chi connectivity index (χ3v) is 4.03. The molecule has 0 aromatic carbocycles. The van der Waals surface area contributed by atoms with E-state index in [-0.39, 0.29) is 18.6 Å². The molecule has 2 aliphatic heterocycles. The van der Waals surface area contributed by atoms with Gasteiger partial charge in [-0.2, -0.15) is 0 Å². The van der Waals surface area contributed by atoms with Gasteiger partial charge in [-0.3, -0.25) is 4.79 Å². The maximum Gasteiger partial charge on any atom is 0.250 e. The molecule has 3 rings (SSSR count). The van der Waals surface area contributed by atoms with Crippen molar-refractivity contribution < 1.29 is 14.3 Å². The Kier molecular flexibility index (Phi) is 5.24. The van der Waals surface area contributed by atoms with Crippen molar-refractivity contribution in [1.29, 1.82) is 0 Å². The molecule has 1 atom stereocenters. The summed E-state index contributed by atoms with van der Waals surface area (Å²) in [5, 5.41) is 2.90. The Morgan fingerprint density at radius 2 is 2.27 bits per heavy atom. The normalized spacial score (nSPS) is 21.3. The molecule has 6 nitrogen and oxygen atoms in total. The molecule has 120 valence electrons. The number of nitrogens with one attached hydrogen (secondary N) is 1. The Bertz CT molecular complexity index is 497. The van der Waals surface area contributed by atoms with E-state index in [1.165, 1.54) is 12.8 Å². The summed E-state index contributed by atoms with van der Waals surface area (Å²) in [6.45, 7) is 3.33. The van der Waals surface area contributed by atoms with Crippen LogP contribution in [0.1, 0.15) is 25.7 Å². The lowest BCUT2D eigenvalue weighted by molar-refractivity contribution is -0.121. The van der Waals surface area contributed by atoms with Gasteiger partial charge in [0.05, 0.1) is 18.4 Å². The minimum Gasteiger partial charge on any atom is -0.376 e. The molecule has 2 saturated heterocycles. The fourth-order valence-electron chi connectivity index (χ4n) is 2.92. The highest BCUT2D eigenvalue weighted by molar-refractivity contribution is 5.94. The van der Waals surface area contributed by atoms with E-state index in [1.807, 2.05) is 12.1 Å². The van der Waals surface area contributed by atoms with Crippen LogP contribution in [0.3, 0.4) is 0 Å². The lowest BCUT2D eigenvalue weighted by Crippen LogP contribution is -2.25. The van der Waals surface area contributed by atoms with E-state index in [2.05, 4.69) is 15.2 Å². The van der Waals surface area contributed by atoms with Gasteiger partial charge in [0.1, 0.15) is 6.61 Å². The van der Waals surface area contributed by atoms with E-state index < -0.39 is 0 Å². The summed E-state index contributed by atoms with van der Waals surface area (Å²) >= 11 is 0. The average Bonchev–Trinajstić information content (AvgIpc) is 3.21. The van der Waals surface area contributed by atoms with E-state index in [9.17, 15) is 4.79 Å². The van der Waals surface area contributed by atoms with Gasteiger partial charge in [-0.1, -0.05) is 0 Å². The van der Waals surface area contributed by atoms with Crippen LogP contribution in [0.25, 0.3) is 0 Å². The number of carbonyl (C=O) groups is 1. The van der Waals surface area contributed by atoms with Crippen molar-refractivity contribution in [2.24, 2.45) is 0 Å². The maximum atomic E-state index is 12.0. The van der Waals surface area contributed by atoms with Crippen molar-refractivity contribution in [3.8, 4) is 0 Å². The second-order valence-corrected chi connectivity index (χ2v) is 5.77. The molecule has 1 amide bonds. The monoisotopic (exact) mass is 305 g/mol. The van der Waals surface area contributed by atoms with E-state index >= 15 is 0 Å². The lowest BCUT2D eigenvalue weighted by atomic mass is 10.2. The second kappa shape index (κ2) is 7.56. The molecular weight excluding hydrogens is 282 g/mol. The molecule has 0 aliphatic carbocycles. The van der Waals surface area contributed by atoms with E-state index in [0.717, 1.165) is 44.0 Å². The summed E-state index contributed by atoms with van der Waals surface area (Å²) in [5.41, 5.74) is 0.759. The fourth-order valence-corrected chi connectivity index (χ4v) is 2.92. The second-order valence-electron chi connectivity index (χ2n) is 5.77. The van der Waals surface area contributed by atoms with Crippen molar-refractivity contribution in [2.45, 2.75) is 31.8 Å². The number of hydrogen-bond donors (Lipinski definition) is 1. The zero-order chi connectivity index (χ0) is 15.2. The van der Waals surface area contributed by atoms with E-state index in [1.54, 1.807) is 6.20 Å². The van der Waals surface area contributed by atoms with Crippen molar-refractivity contribution in [2.75, 3.05) is 43.1 Å². The van der Waals surface area contributed by atoms with Gasteiger partial charge >= 0.3 is 0 Å². The lowest BCUT2D eigenvalue weighted by Gasteiger charge is -2.20. The van der Waals surface area contributed by atoms with Crippen LogP contribution in [0.15, 0.2) is 18.3 Å². The summed E-state index contributed by atoms with van der Waals surface area (Å²) in [6.07, 6.45) is 6.35. The molecule has 22 heavy (non-hydrogen) atoms. The highest BCUT2D eigenvalue weighted by atomic mass is 16.5. The number of aromatic nitrogens is 1. The van der Waals surface area contributed by atoms with Crippen LogP contribution in [-0.2, 0) is 14.3 Å². The Morgan fingerprint density at radius 3 is 3.05 bits per heavy atom. The summed E-state index contributed by atoms with van der Waals surface area (Å²) in [6, 6.07) is 3.72. The highest BCUT2D eigenvalue weighted by Crippen LogP contribution is 2.25. The summed E-state index contributed by atoms with van der Waals surface area (Å²) in [5.74, 6) is 0.707. The van der Waals surface area contributed by atoms with Crippen LogP contribution in [-0.4, -0.2) is 49.9 Å². The minimum absolute atomic E-state index is 0.0498. The molecule has 2 aliphatic rings. The highest BCUT2D eigenvalue weighted by Gasteiger charge is 2.19. The maximum absolute atomic E-state index is 12.0. The predicted octanol–water partition coefficient (Wildman–Crippen LogP) is 1.82. The smallest absolute Gasteiger partial charge is 0.250 e. The molecule has 1 aromatic heterocycles. The Morgan fingerprint density at radius 1 is 1.41 bits per heavy atom. The van der Waals surface area contributed by atoms with Gasteiger partial charge in [-0.15, -0.1) is 0 Å². The molecule has 0 radical (unpaired) electrons. The largest absolute Gasteiger partial charge is 0.376 e. The molecule has 0 spiro atoms. The van der Waals surface area contributed by atoms with Gasteiger partial charge < -0.3 is 19.7 Å². The fraction of sp³-hybridized carbons (Fsp3) is 0.625. The molecule has 2 fully saturated rings. The van der Waals surface area contributed by atoms with Crippen molar-refractivity contribution in [3.63, 3.8) is 0 Å². The van der Waals surface area contributed by atoms with Crippen LogP contribution in [0.4, 0.5) is 11.5 Å². The standard InChI is InChI=1S/C16H23N3O3/c20-15(12-21-11-13-5-4-10-22-13)18-14-6-3-7-17-16(14)19-8-1-2-9-19/h3,6-7,13H,1-2,4-5,8-12H2,(H,18,20). The first kappa shape index (κ1) is 15.2. The first-order chi connectivity index (χ1) is 10.8. The van der Waals surface area contributed by atoms with Crippen LogP contribution < -0.4 is 10.2 Å². The third-order valence-electron chi connectivity index (χ3n) is 4.03. The summed E-state index contributed by atoms with van der Waals surface area (Å²) < 4.78 is 10.9. The number of carbonyl (C=O) groups excluding carboxylic acids is 1. The van der Waals surface area contributed by atoms with Crippen molar-refractivity contribution >= 4 is 17.4 Å². The number of anilines is 2. The average molecular weight is 305 g/mol. The Balaban J connectivity index is 1.50. The number of hydrogen-bond acceptors (Lipinski definition) is 5. The van der Waals surface area contributed by atoms with Crippen molar-refractivity contribution in [1.82, 2.24) is 4.98 Å². The zero-order valence-electron chi connectivity index (χ0n) is 12.8. The van der Waals surface area contributed by atoms with Gasteiger partial charge in [0.15, 0.2) is 5.82 Å². The first-order valence-corrected chi connectivity index (χ1v) is 8.02. The van der Waals surface area contributed by atoms with Crippen LogP contribution in [0, 0.1) is 0 Å². The molecule has 6 heteroatoms. The van der Waals surface area contributed by atoms with Crippen LogP contribution in [0.5, 0.6) is 0 Å². The zero-order valence-corrected chi connectivity index (χ0v) is 12.8. The number of pyridine rings is 1. The predicted molar refractivity (Wildman–Crippen MR) is 84.1 cm³/mol. The molecule has 1 N–H and O–H groups in total. The molecule has 1 aromatic rings. The number of rotatable bonds is 6. The Labute approximate surface area is 130 Å². The topological polar surface area (TPSA) is 63.7 Å². The molecule has 0 saturated carbocycles. The molecule has 1 unspecified atom stereocenters. The van der Waals surface area contributed by atoms with Gasteiger partial charge in [0.2, 0.25) is 5.91 Å². The third kappa shape index (κ3) is 3.96.